The van der Waals surface area contributed by atoms with Gasteiger partial charge in [0.2, 0.25) is 5.91 Å². The second-order valence-corrected chi connectivity index (χ2v) is 7.98. The van der Waals surface area contributed by atoms with Crippen LogP contribution in [0.15, 0.2) is 24.3 Å². The van der Waals surface area contributed by atoms with Gasteiger partial charge < -0.3 is 13.8 Å². The minimum absolute atomic E-state index is 0.0907. The first kappa shape index (κ1) is 22.4. The van der Waals surface area contributed by atoms with E-state index in [1.54, 1.807) is 30.2 Å². The molecule has 1 amide bonds. The van der Waals surface area contributed by atoms with Crippen molar-refractivity contribution in [2.24, 2.45) is 0 Å². The number of unbranched alkanes of at least 4 members (excludes halogenated alkanes) is 4. The molecule has 0 atom stereocenters. The Morgan fingerprint density at radius 1 is 1.15 bits per heavy atom. The third-order valence-corrected chi connectivity index (χ3v) is 4.43. The van der Waals surface area contributed by atoms with Gasteiger partial charge in [-0.2, -0.15) is 8.42 Å². The number of carbonyl (C=O) groups is 1. The third-order valence-electron chi connectivity index (χ3n) is 3.93. The van der Waals surface area contributed by atoms with E-state index in [1.165, 1.54) is 12.8 Å². The largest absolute Gasteiger partial charge is 0.383 e. The van der Waals surface area contributed by atoms with Crippen LogP contribution in [-0.4, -0.2) is 45.7 Å². The molecule has 6 nitrogen and oxygen atoms in total. The van der Waals surface area contributed by atoms with Crippen molar-refractivity contribution in [1.82, 2.24) is 4.90 Å². The standard InChI is InChI=1S/C19H31NO5S/c1-4-5-6-7-8-12-19(21)20(13-14-24-2)16-17-10-9-11-18(15-17)25-26(3,22)23/h9-11,15H,4-8,12-14,16H2,1-3H3. The summed E-state index contributed by atoms with van der Waals surface area (Å²) in [7, 11) is -1.97. The van der Waals surface area contributed by atoms with Crippen LogP contribution in [0.2, 0.25) is 0 Å². The minimum atomic E-state index is -3.57. The number of nitrogens with zero attached hydrogens (tertiary/aromatic N) is 1. The van der Waals surface area contributed by atoms with Gasteiger partial charge in [0.15, 0.2) is 0 Å². The molecule has 148 valence electrons. The summed E-state index contributed by atoms with van der Waals surface area (Å²) in [6, 6.07) is 6.80. The molecule has 0 aliphatic rings. The normalized spacial score (nSPS) is 11.3. The topological polar surface area (TPSA) is 72.9 Å². The van der Waals surface area contributed by atoms with Crippen molar-refractivity contribution in [2.75, 3.05) is 26.5 Å². The number of amides is 1. The van der Waals surface area contributed by atoms with E-state index in [4.69, 9.17) is 8.92 Å². The third kappa shape index (κ3) is 9.77. The van der Waals surface area contributed by atoms with E-state index < -0.39 is 10.1 Å². The van der Waals surface area contributed by atoms with E-state index in [-0.39, 0.29) is 11.7 Å². The maximum Gasteiger partial charge on any atom is 0.306 e. The zero-order valence-corrected chi connectivity index (χ0v) is 16.9. The van der Waals surface area contributed by atoms with Crippen molar-refractivity contribution >= 4 is 16.0 Å². The van der Waals surface area contributed by atoms with Gasteiger partial charge >= 0.3 is 10.1 Å². The molecule has 26 heavy (non-hydrogen) atoms. The first-order valence-corrected chi connectivity index (χ1v) is 10.9. The van der Waals surface area contributed by atoms with Crippen LogP contribution in [0.25, 0.3) is 0 Å². The number of hydrogen-bond donors (Lipinski definition) is 0. The SMILES string of the molecule is CCCCCCCC(=O)N(CCOC)Cc1cccc(OS(C)(=O)=O)c1. The second-order valence-electron chi connectivity index (χ2n) is 6.41. The maximum absolute atomic E-state index is 12.5. The van der Waals surface area contributed by atoms with Gasteiger partial charge in [0.25, 0.3) is 0 Å². The highest BCUT2D eigenvalue weighted by Gasteiger charge is 2.14. The van der Waals surface area contributed by atoms with Crippen LogP contribution in [-0.2, 0) is 26.2 Å². The molecule has 0 heterocycles. The molecule has 1 rings (SSSR count). The summed E-state index contributed by atoms with van der Waals surface area (Å²) in [5.74, 6) is 0.344. The summed E-state index contributed by atoms with van der Waals surface area (Å²) in [6.07, 6.45) is 7.02. The van der Waals surface area contributed by atoms with Crippen LogP contribution >= 0.6 is 0 Å². The van der Waals surface area contributed by atoms with Crippen LogP contribution in [0.4, 0.5) is 0 Å². The molecule has 0 fully saturated rings. The van der Waals surface area contributed by atoms with Gasteiger partial charge in [-0.1, -0.05) is 44.7 Å². The van der Waals surface area contributed by atoms with Gasteiger partial charge in [0, 0.05) is 26.6 Å². The van der Waals surface area contributed by atoms with Gasteiger partial charge in [0.05, 0.1) is 12.9 Å². The fraction of sp³-hybridized carbons (Fsp3) is 0.632. The lowest BCUT2D eigenvalue weighted by Crippen LogP contribution is -2.33. The lowest BCUT2D eigenvalue weighted by Gasteiger charge is -2.23. The molecule has 1 aromatic carbocycles. The number of benzene rings is 1. The molecule has 0 aliphatic heterocycles. The molecular weight excluding hydrogens is 354 g/mol. The predicted octanol–water partition coefficient (Wildman–Crippen LogP) is 3.36. The van der Waals surface area contributed by atoms with Crippen LogP contribution in [0.5, 0.6) is 5.75 Å². The summed E-state index contributed by atoms with van der Waals surface area (Å²) in [5.41, 5.74) is 0.821. The van der Waals surface area contributed by atoms with Gasteiger partial charge in [0.1, 0.15) is 5.75 Å². The summed E-state index contributed by atoms with van der Waals surface area (Å²) < 4.78 is 32.6. The number of ether oxygens (including phenoxy) is 1. The first-order chi connectivity index (χ1) is 12.4. The van der Waals surface area contributed by atoms with E-state index in [9.17, 15) is 13.2 Å². The lowest BCUT2D eigenvalue weighted by atomic mass is 10.1. The number of rotatable bonds is 13. The smallest absolute Gasteiger partial charge is 0.306 e. The van der Waals surface area contributed by atoms with E-state index in [0.29, 0.717) is 26.1 Å². The Kier molecular flexibility index (Phi) is 10.3. The summed E-state index contributed by atoms with van der Waals surface area (Å²) in [6.45, 7) is 3.53. The van der Waals surface area contributed by atoms with Gasteiger partial charge in [-0.15, -0.1) is 0 Å². The lowest BCUT2D eigenvalue weighted by molar-refractivity contribution is -0.132. The maximum atomic E-state index is 12.5. The van der Waals surface area contributed by atoms with Gasteiger partial charge in [-0.05, 0) is 24.1 Å². The minimum Gasteiger partial charge on any atom is -0.383 e. The predicted molar refractivity (Wildman–Crippen MR) is 103 cm³/mol. The number of methoxy groups -OCH3 is 1. The average molecular weight is 386 g/mol. The van der Waals surface area contributed by atoms with Crippen molar-refractivity contribution < 1.29 is 22.1 Å². The zero-order chi connectivity index (χ0) is 19.4. The van der Waals surface area contributed by atoms with Crippen LogP contribution in [0, 0.1) is 0 Å². The van der Waals surface area contributed by atoms with Gasteiger partial charge in [-0.3, -0.25) is 4.79 Å². The average Bonchev–Trinajstić information content (AvgIpc) is 2.57. The Balaban J connectivity index is 2.68. The highest BCUT2D eigenvalue weighted by atomic mass is 32.2. The Morgan fingerprint density at radius 3 is 2.54 bits per heavy atom. The summed E-state index contributed by atoms with van der Waals surface area (Å²) in [5, 5.41) is 0. The molecule has 0 spiro atoms. The Labute approximate surface area is 157 Å². The van der Waals surface area contributed by atoms with Crippen molar-refractivity contribution in [2.45, 2.75) is 52.0 Å². The molecule has 0 N–H and O–H groups in total. The van der Waals surface area contributed by atoms with E-state index in [2.05, 4.69) is 6.92 Å². The zero-order valence-electron chi connectivity index (χ0n) is 16.1. The van der Waals surface area contributed by atoms with Crippen molar-refractivity contribution in [3.8, 4) is 5.75 Å². The van der Waals surface area contributed by atoms with E-state index in [0.717, 1.165) is 31.1 Å². The molecular formula is C19H31NO5S. The monoisotopic (exact) mass is 385 g/mol. The molecule has 0 bridgehead atoms. The number of carbonyl (C=O) groups excluding carboxylic acids is 1. The molecule has 0 unspecified atom stereocenters. The molecule has 0 radical (unpaired) electrons. The van der Waals surface area contributed by atoms with Crippen LogP contribution in [0.3, 0.4) is 0 Å². The van der Waals surface area contributed by atoms with Crippen LogP contribution in [0.1, 0.15) is 51.0 Å². The molecule has 0 saturated heterocycles. The van der Waals surface area contributed by atoms with Crippen LogP contribution < -0.4 is 4.18 Å². The Hall–Kier alpha value is -1.60. The van der Waals surface area contributed by atoms with E-state index in [1.807, 2.05) is 6.07 Å². The van der Waals surface area contributed by atoms with Crippen molar-refractivity contribution in [1.29, 1.82) is 0 Å². The second kappa shape index (κ2) is 11.9. The highest BCUT2D eigenvalue weighted by Crippen LogP contribution is 2.17. The van der Waals surface area contributed by atoms with Crippen molar-refractivity contribution in [3.05, 3.63) is 29.8 Å². The summed E-state index contributed by atoms with van der Waals surface area (Å²) >= 11 is 0. The molecule has 0 aromatic heterocycles. The Bertz CT molecular complexity index is 645. The quantitative estimate of drug-likeness (QED) is 0.384. The molecule has 7 heteroatoms. The number of hydrogen-bond acceptors (Lipinski definition) is 5. The van der Waals surface area contributed by atoms with Gasteiger partial charge in [-0.25, -0.2) is 0 Å². The van der Waals surface area contributed by atoms with Crippen molar-refractivity contribution in [3.63, 3.8) is 0 Å². The first-order valence-electron chi connectivity index (χ1n) is 9.11. The van der Waals surface area contributed by atoms with E-state index >= 15 is 0 Å². The highest BCUT2D eigenvalue weighted by molar-refractivity contribution is 7.86. The summed E-state index contributed by atoms with van der Waals surface area (Å²) in [4.78, 5) is 14.3. The molecule has 0 saturated carbocycles. The molecule has 1 aromatic rings. The molecule has 0 aliphatic carbocycles. The Morgan fingerprint density at radius 2 is 1.88 bits per heavy atom. The fourth-order valence-electron chi connectivity index (χ4n) is 2.62. The fourth-order valence-corrected chi connectivity index (χ4v) is 3.08.